The highest BCUT2D eigenvalue weighted by Crippen LogP contribution is 2.27. The predicted molar refractivity (Wildman–Crippen MR) is 56.3 cm³/mol. The van der Waals surface area contributed by atoms with Gasteiger partial charge in [-0.05, 0) is 19.3 Å². The van der Waals surface area contributed by atoms with Crippen molar-refractivity contribution in [2.24, 2.45) is 5.73 Å². The highest BCUT2D eigenvalue weighted by atomic mass is 19.4. The van der Waals surface area contributed by atoms with Gasteiger partial charge in [-0.2, -0.15) is 13.2 Å². The summed E-state index contributed by atoms with van der Waals surface area (Å²) in [7, 11) is 0. The van der Waals surface area contributed by atoms with Crippen LogP contribution in [0.1, 0.15) is 25.0 Å². The van der Waals surface area contributed by atoms with Crippen LogP contribution in [0.2, 0.25) is 0 Å². The van der Waals surface area contributed by atoms with Gasteiger partial charge in [-0.25, -0.2) is 9.97 Å². The molecule has 0 aliphatic heterocycles. The molecule has 17 heavy (non-hydrogen) atoms. The van der Waals surface area contributed by atoms with Gasteiger partial charge >= 0.3 is 6.18 Å². The molecule has 2 unspecified atom stereocenters. The summed E-state index contributed by atoms with van der Waals surface area (Å²) in [6.07, 6.45) is 0.217. The summed E-state index contributed by atoms with van der Waals surface area (Å²) in [5.74, 6) is 0.334. The molecule has 0 saturated heterocycles. The van der Waals surface area contributed by atoms with Crippen molar-refractivity contribution in [3.8, 4) is 0 Å². The standard InChI is InChI=1S/C10H13F3N4/c11-10(12,13)8-4-16-9(5-15-8)17-7-3-1-2-6(7)14/h4-7H,1-3,14H2,(H,16,17). The Kier molecular flexibility index (Phi) is 3.19. The Morgan fingerprint density at radius 3 is 2.47 bits per heavy atom. The zero-order chi connectivity index (χ0) is 12.5. The molecule has 3 N–H and O–H groups in total. The number of anilines is 1. The third-order valence-corrected chi connectivity index (χ3v) is 2.84. The van der Waals surface area contributed by atoms with Gasteiger partial charge in [-0.15, -0.1) is 0 Å². The number of nitrogens with two attached hydrogens (primary N) is 1. The summed E-state index contributed by atoms with van der Waals surface area (Å²) in [6, 6.07) is 0.0973. The van der Waals surface area contributed by atoms with Crippen LogP contribution < -0.4 is 11.1 Å². The molecule has 1 aliphatic rings. The van der Waals surface area contributed by atoms with Gasteiger partial charge in [0.1, 0.15) is 5.82 Å². The number of hydrogen-bond acceptors (Lipinski definition) is 4. The molecule has 1 aromatic heterocycles. The molecule has 0 spiro atoms. The average molecular weight is 246 g/mol. The Morgan fingerprint density at radius 2 is 2.00 bits per heavy atom. The van der Waals surface area contributed by atoms with E-state index in [1.807, 2.05) is 0 Å². The minimum atomic E-state index is -4.45. The lowest BCUT2D eigenvalue weighted by molar-refractivity contribution is -0.141. The Bertz CT molecular complexity index is 376. The molecule has 0 bridgehead atoms. The predicted octanol–water partition coefficient (Wildman–Crippen LogP) is 1.79. The number of nitrogens with zero attached hydrogens (tertiary/aromatic N) is 2. The van der Waals surface area contributed by atoms with E-state index in [-0.39, 0.29) is 12.1 Å². The Morgan fingerprint density at radius 1 is 1.24 bits per heavy atom. The van der Waals surface area contributed by atoms with E-state index in [1.165, 1.54) is 0 Å². The van der Waals surface area contributed by atoms with E-state index in [1.54, 1.807) is 0 Å². The topological polar surface area (TPSA) is 63.8 Å². The number of hydrogen-bond donors (Lipinski definition) is 2. The van der Waals surface area contributed by atoms with Crippen molar-refractivity contribution in [1.82, 2.24) is 9.97 Å². The van der Waals surface area contributed by atoms with Crippen molar-refractivity contribution in [2.75, 3.05) is 5.32 Å². The van der Waals surface area contributed by atoms with Crippen LogP contribution in [0.3, 0.4) is 0 Å². The summed E-state index contributed by atoms with van der Waals surface area (Å²) in [5.41, 5.74) is 4.85. The fourth-order valence-electron chi connectivity index (χ4n) is 1.91. The third kappa shape index (κ3) is 2.85. The zero-order valence-corrected chi connectivity index (χ0v) is 9.04. The van der Waals surface area contributed by atoms with E-state index in [0.29, 0.717) is 5.82 Å². The molecule has 2 atom stereocenters. The Labute approximate surface area is 96.4 Å². The first-order valence-electron chi connectivity index (χ1n) is 5.38. The number of halogens is 3. The van der Waals surface area contributed by atoms with E-state index in [2.05, 4.69) is 15.3 Å². The summed E-state index contributed by atoms with van der Waals surface area (Å²) in [5, 5.41) is 3.00. The first-order valence-corrected chi connectivity index (χ1v) is 5.38. The van der Waals surface area contributed by atoms with Gasteiger partial charge < -0.3 is 11.1 Å². The minimum Gasteiger partial charge on any atom is -0.365 e. The third-order valence-electron chi connectivity index (χ3n) is 2.84. The first-order chi connectivity index (χ1) is 7.97. The Balaban J connectivity index is 2.03. The SMILES string of the molecule is NC1CCCC1Nc1cnc(C(F)(F)F)cn1. The largest absolute Gasteiger partial charge is 0.434 e. The number of aromatic nitrogens is 2. The molecule has 0 radical (unpaired) electrons. The van der Waals surface area contributed by atoms with Gasteiger partial charge in [-0.3, -0.25) is 0 Å². The Hall–Kier alpha value is -1.37. The molecule has 0 amide bonds. The van der Waals surface area contributed by atoms with Gasteiger partial charge in [0.2, 0.25) is 0 Å². The molecule has 1 heterocycles. The van der Waals surface area contributed by atoms with Crippen LogP contribution in [0.4, 0.5) is 19.0 Å². The molecule has 1 aliphatic carbocycles. The molecule has 1 aromatic rings. The molecular weight excluding hydrogens is 233 g/mol. The van der Waals surface area contributed by atoms with Gasteiger partial charge in [0.05, 0.1) is 12.4 Å². The monoisotopic (exact) mass is 246 g/mol. The van der Waals surface area contributed by atoms with Crippen molar-refractivity contribution in [2.45, 2.75) is 37.5 Å². The molecular formula is C10H13F3N4. The fourth-order valence-corrected chi connectivity index (χ4v) is 1.91. The molecule has 94 valence electrons. The molecule has 4 nitrogen and oxygen atoms in total. The number of rotatable bonds is 2. The van der Waals surface area contributed by atoms with Gasteiger partial charge in [0.25, 0.3) is 0 Å². The molecule has 7 heteroatoms. The van der Waals surface area contributed by atoms with Crippen LogP contribution in [-0.4, -0.2) is 22.1 Å². The second-order valence-corrected chi connectivity index (χ2v) is 4.13. The lowest BCUT2D eigenvalue weighted by atomic mass is 10.2. The maximum atomic E-state index is 12.2. The van der Waals surface area contributed by atoms with Crippen molar-refractivity contribution in [3.63, 3.8) is 0 Å². The van der Waals surface area contributed by atoms with Crippen LogP contribution in [0.25, 0.3) is 0 Å². The van der Waals surface area contributed by atoms with E-state index < -0.39 is 11.9 Å². The first kappa shape index (κ1) is 12.1. The second-order valence-electron chi connectivity index (χ2n) is 4.13. The smallest absolute Gasteiger partial charge is 0.365 e. The van der Waals surface area contributed by atoms with E-state index in [9.17, 15) is 13.2 Å². The summed E-state index contributed by atoms with van der Waals surface area (Å²) >= 11 is 0. The molecule has 2 rings (SSSR count). The van der Waals surface area contributed by atoms with E-state index in [4.69, 9.17) is 5.73 Å². The van der Waals surface area contributed by atoms with E-state index in [0.717, 1.165) is 31.7 Å². The lowest BCUT2D eigenvalue weighted by Gasteiger charge is -2.17. The van der Waals surface area contributed by atoms with Crippen LogP contribution in [0.5, 0.6) is 0 Å². The summed E-state index contributed by atoms with van der Waals surface area (Å²) in [4.78, 5) is 7.02. The highest BCUT2D eigenvalue weighted by molar-refractivity contribution is 5.33. The maximum absolute atomic E-state index is 12.2. The van der Waals surface area contributed by atoms with Crippen molar-refractivity contribution >= 4 is 5.82 Å². The fraction of sp³-hybridized carbons (Fsp3) is 0.600. The van der Waals surface area contributed by atoms with Crippen LogP contribution in [-0.2, 0) is 6.18 Å². The van der Waals surface area contributed by atoms with E-state index >= 15 is 0 Å². The molecule has 0 aromatic carbocycles. The van der Waals surface area contributed by atoms with Gasteiger partial charge in [0.15, 0.2) is 5.69 Å². The van der Waals surface area contributed by atoms with Crippen molar-refractivity contribution < 1.29 is 13.2 Å². The molecule has 1 fully saturated rings. The number of nitrogens with one attached hydrogen (secondary N) is 1. The quantitative estimate of drug-likeness (QED) is 0.835. The van der Waals surface area contributed by atoms with Crippen LogP contribution in [0, 0.1) is 0 Å². The lowest BCUT2D eigenvalue weighted by Crippen LogP contribution is -2.35. The molecule has 1 saturated carbocycles. The zero-order valence-electron chi connectivity index (χ0n) is 9.04. The normalized spacial score (nSPS) is 24.9. The van der Waals surface area contributed by atoms with Crippen LogP contribution >= 0.6 is 0 Å². The minimum absolute atomic E-state index is 0.0269. The summed E-state index contributed by atoms with van der Waals surface area (Å²) in [6.45, 7) is 0. The summed E-state index contributed by atoms with van der Waals surface area (Å²) < 4.78 is 36.7. The second kappa shape index (κ2) is 4.48. The van der Waals surface area contributed by atoms with Gasteiger partial charge in [0, 0.05) is 12.1 Å². The van der Waals surface area contributed by atoms with Gasteiger partial charge in [-0.1, -0.05) is 0 Å². The van der Waals surface area contributed by atoms with Crippen LogP contribution in [0.15, 0.2) is 12.4 Å². The maximum Gasteiger partial charge on any atom is 0.434 e. The number of alkyl halides is 3. The van der Waals surface area contributed by atoms with Crippen molar-refractivity contribution in [1.29, 1.82) is 0 Å². The average Bonchev–Trinajstić information content (AvgIpc) is 2.64. The highest BCUT2D eigenvalue weighted by Gasteiger charge is 2.33. The van der Waals surface area contributed by atoms with Crippen molar-refractivity contribution in [3.05, 3.63) is 18.1 Å².